The summed E-state index contributed by atoms with van der Waals surface area (Å²) < 4.78 is 4.78. The third-order valence-corrected chi connectivity index (χ3v) is 9.19. The summed E-state index contributed by atoms with van der Waals surface area (Å²) in [5.74, 6) is 1.59. The molecular weight excluding hydrogens is 562 g/mol. The highest BCUT2D eigenvalue weighted by atomic mass is 15.1. The fraction of sp³-hybridized carbons (Fsp3) is 0. The van der Waals surface area contributed by atoms with Crippen LogP contribution in [0.15, 0.2) is 152 Å². The van der Waals surface area contributed by atoms with E-state index >= 15 is 0 Å². The zero-order chi connectivity index (χ0) is 30.2. The standard InChI is InChI=1S/C41H25N5/c1-2-9-27-25-30(17-14-26(27)8-1)45-36-12-5-3-10-31(36)33-18-19-34-32-11-4-6-13-37(32)46(40(34)39(33)45)38-21-16-28-24-29(15-20-35(28)44-38)41-42-22-7-23-43-41/h1-25H. The van der Waals surface area contributed by atoms with Gasteiger partial charge >= 0.3 is 0 Å². The van der Waals surface area contributed by atoms with Crippen LogP contribution in [0, 0.1) is 0 Å². The Morgan fingerprint density at radius 2 is 1.09 bits per heavy atom. The van der Waals surface area contributed by atoms with E-state index in [9.17, 15) is 0 Å². The van der Waals surface area contributed by atoms with Crippen molar-refractivity contribution in [1.29, 1.82) is 0 Å². The summed E-state index contributed by atoms with van der Waals surface area (Å²) in [4.78, 5) is 14.2. The monoisotopic (exact) mass is 587 g/mol. The molecule has 6 aromatic carbocycles. The van der Waals surface area contributed by atoms with Crippen molar-refractivity contribution in [3.8, 4) is 22.9 Å². The predicted octanol–water partition coefficient (Wildman–Crippen LogP) is 10.0. The molecule has 0 amide bonds. The maximum atomic E-state index is 5.27. The van der Waals surface area contributed by atoms with Gasteiger partial charge in [-0.3, -0.25) is 4.57 Å². The SMILES string of the molecule is c1cnc(-c2ccc3nc(-n4c5ccccc5c5ccc6c7ccccc7n(-c7ccc8ccccc8c7)c6c54)ccc3c2)nc1. The molecule has 0 N–H and O–H groups in total. The molecule has 0 aliphatic carbocycles. The van der Waals surface area contributed by atoms with Crippen molar-refractivity contribution in [3.05, 3.63) is 152 Å². The van der Waals surface area contributed by atoms with E-state index in [0.29, 0.717) is 5.82 Å². The second kappa shape index (κ2) is 9.58. The van der Waals surface area contributed by atoms with Gasteiger partial charge in [0.15, 0.2) is 5.82 Å². The van der Waals surface area contributed by atoms with Gasteiger partial charge in [0.25, 0.3) is 0 Å². The molecule has 10 rings (SSSR count). The van der Waals surface area contributed by atoms with Crippen LogP contribution in [-0.2, 0) is 0 Å². The van der Waals surface area contributed by atoms with Gasteiger partial charge in [-0.2, -0.15) is 0 Å². The highest BCUT2D eigenvalue weighted by Crippen LogP contribution is 2.41. The van der Waals surface area contributed by atoms with Crippen molar-refractivity contribution < 1.29 is 0 Å². The molecule has 0 spiro atoms. The number of hydrogen-bond donors (Lipinski definition) is 0. The zero-order valence-corrected chi connectivity index (χ0v) is 24.7. The van der Waals surface area contributed by atoms with Crippen molar-refractivity contribution in [1.82, 2.24) is 24.1 Å². The van der Waals surface area contributed by atoms with E-state index in [1.54, 1.807) is 12.4 Å². The van der Waals surface area contributed by atoms with Gasteiger partial charge in [0.2, 0.25) is 0 Å². The van der Waals surface area contributed by atoms with Crippen LogP contribution < -0.4 is 0 Å². The number of fused-ring (bicyclic) bond motifs is 9. The Morgan fingerprint density at radius 3 is 1.87 bits per heavy atom. The first-order valence-corrected chi connectivity index (χ1v) is 15.4. The van der Waals surface area contributed by atoms with Gasteiger partial charge in [0.05, 0.1) is 27.6 Å². The number of pyridine rings is 1. The Balaban J connectivity index is 1.31. The van der Waals surface area contributed by atoms with Crippen LogP contribution in [0.1, 0.15) is 0 Å². The molecule has 0 radical (unpaired) electrons. The van der Waals surface area contributed by atoms with Crippen LogP contribution in [-0.4, -0.2) is 24.1 Å². The molecule has 4 aromatic heterocycles. The molecule has 10 aromatic rings. The number of rotatable bonds is 3. The van der Waals surface area contributed by atoms with Crippen molar-refractivity contribution in [2.45, 2.75) is 0 Å². The number of nitrogens with zero attached hydrogens (tertiary/aromatic N) is 5. The number of hydrogen-bond acceptors (Lipinski definition) is 3. The minimum atomic E-state index is 0.708. The van der Waals surface area contributed by atoms with Crippen LogP contribution in [0.5, 0.6) is 0 Å². The van der Waals surface area contributed by atoms with E-state index in [1.807, 2.05) is 6.07 Å². The first kappa shape index (κ1) is 25.0. The fourth-order valence-corrected chi connectivity index (χ4v) is 7.15. The molecule has 5 heteroatoms. The van der Waals surface area contributed by atoms with E-state index < -0.39 is 0 Å². The van der Waals surface area contributed by atoms with Crippen LogP contribution in [0.3, 0.4) is 0 Å². The summed E-state index contributed by atoms with van der Waals surface area (Å²) >= 11 is 0. The van der Waals surface area contributed by atoms with Crippen LogP contribution in [0.4, 0.5) is 0 Å². The maximum Gasteiger partial charge on any atom is 0.159 e. The third-order valence-electron chi connectivity index (χ3n) is 9.19. The quantitative estimate of drug-likeness (QED) is 0.207. The van der Waals surface area contributed by atoms with Gasteiger partial charge in [0.1, 0.15) is 5.82 Å². The number of benzene rings is 6. The molecular formula is C41H25N5. The molecule has 0 fully saturated rings. The van der Waals surface area contributed by atoms with Crippen molar-refractivity contribution in [2.75, 3.05) is 0 Å². The molecule has 0 aliphatic rings. The van der Waals surface area contributed by atoms with Crippen LogP contribution in [0.2, 0.25) is 0 Å². The molecule has 0 unspecified atom stereocenters. The summed E-state index contributed by atoms with van der Waals surface area (Å²) in [7, 11) is 0. The Kier molecular flexibility index (Phi) is 5.22. The lowest BCUT2D eigenvalue weighted by molar-refractivity contribution is 1.09. The fourth-order valence-electron chi connectivity index (χ4n) is 7.15. The highest BCUT2D eigenvalue weighted by Gasteiger charge is 2.21. The van der Waals surface area contributed by atoms with Gasteiger partial charge in [0, 0.05) is 50.6 Å². The van der Waals surface area contributed by atoms with E-state index in [0.717, 1.165) is 39.0 Å². The predicted molar refractivity (Wildman–Crippen MR) is 189 cm³/mol. The normalized spacial score (nSPS) is 11.9. The van der Waals surface area contributed by atoms with E-state index in [2.05, 4.69) is 153 Å². The van der Waals surface area contributed by atoms with Gasteiger partial charge in [-0.05, 0) is 71.4 Å². The van der Waals surface area contributed by atoms with Gasteiger partial charge in [-0.25, -0.2) is 15.0 Å². The zero-order valence-electron chi connectivity index (χ0n) is 24.7. The molecule has 5 nitrogen and oxygen atoms in total. The molecule has 0 saturated heterocycles. The molecule has 4 heterocycles. The van der Waals surface area contributed by atoms with Crippen molar-refractivity contribution >= 4 is 65.3 Å². The second-order valence-corrected chi connectivity index (χ2v) is 11.7. The van der Waals surface area contributed by atoms with Gasteiger partial charge in [-0.15, -0.1) is 0 Å². The third kappa shape index (κ3) is 3.60. The maximum absolute atomic E-state index is 5.27. The number of para-hydroxylation sites is 2. The lowest BCUT2D eigenvalue weighted by Crippen LogP contribution is -2.01. The smallest absolute Gasteiger partial charge is 0.159 e. The molecule has 0 aliphatic heterocycles. The Bertz CT molecular complexity index is 2810. The largest absolute Gasteiger partial charge is 0.307 e. The van der Waals surface area contributed by atoms with Crippen LogP contribution >= 0.6 is 0 Å². The minimum Gasteiger partial charge on any atom is -0.307 e. The molecule has 0 bridgehead atoms. The molecule has 0 atom stereocenters. The number of aromatic nitrogens is 5. The average molecular weight is 588 g/mol. The first-order chi connectivity index (χ1) is 22.8. The summed E-state index contributed by atoms with van der Waals surface area (Å²) in [6, 6.07) is 49.6. The average Bonchev–Trinajstić information content (AvgIpc) is 3.64. The van der Waals surface area contributed by atoms with Gasteiger partial charge < -0.3 is 4.57 Å². The highest BCUT2D eigenvalue weighted by molar-refractivity contribution is 6.23. The lowest BCUT2D eigenvalue weighted by atomic mass is 10.1. The summed E-state index contributed by atoms with van der Waals surface area (Å²) in [6.07, 6.45) is 3.54. The topological polar surface area (TPSA) is 48.5 Å². The van der Waals surface area contributed by atoms with Crippen LogP contribution in [0.25, 0.3) is 88.2 Å². The minimum absolute atomic E-state index is 0.708. The van der Waals surface area contributed by atoms with E-state index in [4.69, 9.17) is 4.98 Å². The molecule has 46 heavy (non-hydrogen) atoms. The summed E-state index contributed by atoms with van der Waals surface area (Å²) in [6.45, 7) is 0. The van der Waals surface area contributed by atoms with Crippen molar-refractivity contribution in [3.63, 3.8) is 0 Å². The van der Waals surface area contributed by atoms with E-state index in [1.165, 1.54) is 43.4 Å². The Labute approximate surface area is 263 Å². The molecule has 214 valence electrons. The van der Waals surface area contributed by atoms with Gasteiger partial charge in [-0.1, -0.05) is 78.9 Å². The van der Waals surface area contributed by atoms with E-state index in [-0.39, 0.29) is 0 Å². The Hall–Kier alpha value is -6.33. The Morgan fingerprint density at radius 1 is 0.435 bits per heavy atom. The summed E-state index contributed by atoms with van der Waals surface area (Å²) in [5.41, 5.74) is 7.65. The van der Waals surface area contributed by atoms with Crippen molar-refractivity contribution in [2.24, 2.45) is 0 Å². The second-order valence-electron chi connectivity index (χ2n) is 11.7. The molecule has 0 saturated carbocycles. The lowest BCUT2D eigenvalue weighted by Gasteiger charge is -2.13. The first-order valence-electron chi connectivity index (χ1n) is 15.4. The summed E-state index contributed by atoms with van der Waals surface area (Å²) in [5, 5.41) is 8.34.